The van der Waals surface area contributed by atoms with Gasteiger partial charge in [0.25, 0.3) is 20.0 Å². The zero-order valence-corrected chi connectivity index (χ0v) is 47.9. The lowest BCUT2D eigenvalue weighted by Crippen LogP contribution is -2.50. The number of nitrogens with one attached hydrogen (secondary N) is 2. The predicted octanol–water partition coefficient (Wildman–Crippen LogP) is 11.2. The van der Waals surface area contributed by atoms with Crippen LogP contribution in [0.25, 0.3) is 11.2 Å². The summed E-state index contributed by atoms with van der Waals surface area (Å²) in [7, 11) is -1.38. The largest absolute Gasteiger partial charge is 0.497 e. The van der Waals surface area contributed by atoms with Gasteiger partial charge in [-0.2, -0.15) is 10.2 Å². The number of ether oxygens (including phenoxy) is 5. The Morgan fingerprint density at radius 2 is 1.43 bits per heavy atom. The van der Waals surface area contributed by atoms with Gasteiger partial charge in [-0.05, 0) is 110 Å². The lowest BCUT2D eigenvalue weighted by molar-refractivity contribution is -0.118. The first kappa shape index (κ1) is 57.7. The number of nitrogens with zero attached hydrogens (tertiary/aromatic N) is 5. The highest BCUT2D eigenvalue weighted by molar-refractivity contribution is 7.44. The van der Waals surface area contributed by atoms with Crippen molar-refractivity contribution in [3.8, 4) is 23.3 Å². The van der Waals surface area contributed by atoms with Crippen LogP contribution in [0.5, 0.6) is 17.2 Å². The fraction of sp³-hybridized carbons (Fsp3) is 0.456. The fourth-order valence-electron chi connectivity index (χ4n) is 8.95. The van der Waals surface area contributed by atoms with Gasteiger partial charge in [0.1, 0.15) is 41.2 Å². The third kappa shape index (κ3) is 13.0. The van der Waals surface area contributed by atoms with Crippen LogP contribution in [0.3, 0.4) is 0 Å². The smallest absolute Gasteiger partial charge is 0.280 e. The standard InChI is InChI=1S/C57H74N7O10PSi/c1-37(2)40-20-26-46(27-21-40)69-35-48(65)60-55-61-52-49(53(66)62-55)59-36-63(52)54-51(74-76(12,13)56(7,8)9)50(73-75(71-33-17-32-58)64(38(3)4)39(5)6)47(72-54)34-70-57(41-18-15-14-16-19-41,42-22-28-44(67-10)29-23-42)43-24-30-45(68-11)31-25-43/h14-16,18-31,36-39,47,50-51,54H,17,33-35H2,1-13H3,(H2,60,61,62,65,66)/t47-,50+,51?,54-,75?/m1/s1. The molecule has 2 aromatic heterocycles. The van der Waals surface area contributed by atoms with Crippen LogP contribution in [-0.2, 0) is 33.3 Å². The van der Waals surface area contributed by atoms with Gasteiger partial charge in [0.15, 0.2) is 32.3 Å². The molecule has 6 aromatic rings. The van der Waals surface area contributed by atoms with E-state index < -0.39 is 58.5 Å². The van der Waals surface area contributed by atoms with Crippen molar-refractivity contribution in [1.29, 1.82) is 5.26 Å². The SMILES string of the molecule is COc1ccc(C(OC[C@H]2O[C@@H](n3cnc4c(=O)[nH]c(NC(=O)COc5ccc(C(C)C)cc5)nc43)C(O[Si](C)(C)C(C)(C)C)[C@H]2OP(OCCC#N)N(C(C)C)C(C)C)(c2ccccc2)c2ccc(OC)cc2)cc1. The van der Waals surface area contributed by atoms with Crippen molar-refractivity contribution >= 4 is 39.9 Å². The molecule has 0 saturated carbocycles. The summed E-state index contributed by atoms with van der Waals surface area (Å²) in [4.78, 5) is 39.3. The second-order valence-corrected chi connectivity index (χ2v) is 27.3. The molecule has 1 amide bonds. The van der Waals surface area contributed by atoms with E-state index in [4.69, 9.17) is 42.1 Å². The van der Waals surface area contributed by atoms with E-state index in [9.17, 15) is 14.9 Å². The van der Waals surface area contributed by atoms with Crippen LogP contribution in [0.4, 0.5) is 5.95 Å². The number of H-pyrrole nitrogens is 1. The molecule has 19 heteroatoms. The zero-order chi connectivity index (χ0) is 55.0. The van der Waals surface area contributed by atoms with Crippen LogP contribution in [0.15, 0.2) is 114 Å². The minimum absolute atomic E-state index is 0.0151. The number of anilines is 1. The maximum Gasteiger partial charge on any atom is 0.280 e. The predicted molar refractivity (Wildman–Crippen MR) is 297 cm³/mol. The molecule has 7 rings (SSSR count). The second-order valence-electron chi connectivity index (χ2n) is 21.1. The highest BCUT2D eigenvalue weighted by Gasteiger charge is 2.54. The van der Waals surface area contributed by atoms with Crippen molar-refractivity contribution in [2.24, 2.45) is 0 Å². The Labute approximate surface area is 449 Å². The molecule has 0 aliphatic carbocycles. The summed E-state index contributed by atoms with van der Waals surface area (Å²) in [5.41, 5.74) is 1.92. The topological polar surface area (TPSA) is 194 Å². The van der Waals surface area contributed by atoms with Gasteiger partial charge in [-0.25, -0.2) is 9.65 Å². The van der Waals surface area contributed by atoms with E-state index in [1.54, 1.807) is 18.8 Å². The Morgan fingerprint density at radius 1 is 0.855 bits per heavy atom. The zero-order valence-electron chi connectivity index (χ0n) is 46.0. The molecule has 2 unspecified atom stereocenters. The molecule has 76 heavy (non-hydrogen) atoms. The molecule has 17 nitrogen and oxygen atoms in total. The molecular formula is C57H74N7O10PSi. The number of hydrogen-bond acceptors (Lipinski definition) is 14. The maximum absolute atomic E-state index is 13.9. The van der Waals surface area contributed by atoms with Gasteiger partial charge < -0.3 is 37.2 Å². The first-order valence-corrected chi connectivity index (χ1v) is 29.8. The summed E-state index contributed by atoms with van der Waals surface area (Å²) in [6.45, 7) is 23.0. The van der Waals surface area contributed by atoms with Crippen molar-refractivity contribution in [3.63, 3.8) is 0 Å². The number of imidazole rings is 1. The van der Waals surface area contributed by atoms with E-state index in [1.165, 1.54) is 6.33 Å². The molecule has 0 radical (unpaired) electrons. The molecule has 1 aliphatic rings. The lowest BCUT2D eigenvalue weighted by atomic mass is 9.80. The maximum atomic E-state index is 13.9. The average Bonchev–Trinajstić information content (AvgIpc) is 3.99. The first-order valence-electron chi connectivity index (χ1n) is 25.8. The molecule has 1 aliphatic heterocycles. The molecule has 2 N–H and O–H groups in total. The summed E-state index contributed by atoms with van der Waals surface area (Å²) >= 11 is 0. The normalized spacial score (nSPS) is 17.6. The molecule has 4 aromatic carbocycles. The molecule has 0 spiro atoms. The minimum Gasteiger partial charge on any atom is -0.497 e. The number of benzene rings is 4. The third-order valence-corrected chi connectivity index (χ3v) is 20.5. The van der Waals surface area contributed by atoms with E-state index in [0.29, 0.717) is 23.2 Å². The number of rotatable bonds is 24. The quantitative estimate of drug-likeness (QED) is 0.0252. The van der Waals surface area contributed by atoms with Crippen molar-refractivity contribution in [2.45, 2.75) is 135 Å². The molecular weight excluding hydrogens is 1000 g/mol. The van der Waals surface area contributed by atoms with E-state index >= 15 is 0 Å². The van der Waals surface area contributed by atoms with Crippen LogP contribution in [0, 0.1) is 11.3 Å². The van der Waals surface area contributed by atoms with Crippen molar-refractivity contribution in [1.82, 2.24) is 24.2 Å². The van der Waals surface area contributed by atoms with E-state index in [1.807, 2.05) is 103 Å². The van der Waals surface area contributed by atoms with Crippen molar-refractivity contribution in [3.05, 3.63) is 142 Å². The molecule has 1 fully saturated rings. The molecule has 406 valence electrons. The van der Waals surface area contributed by atoms with Gasteiger partial charge in [0, 0.05) is 12.1 Å². The number of nitriles is 1. The Bertz CT molecular complexity index is 2890. The average molecular weight is 1080 g/mol. The molecule has 3 heterocycles. The Balaban J connectivity index is 1.37. The van der Waals surface area contributed by atoms with E-state index in [2.05, 4.69) is 101 Å². The summed E-state index contributed by atoms with van der Waals surface area (Å²) in [6.07, 6.45) is -2.07. The van der Waals surface area contributed by atoms with Crippen LogP contribution < -0.4 is 25.1 Å². The van der Waals surface area contributed by atoms with Gasteiger partial charge in [-0.1, -0.05) is 101 Å². The first-order chi connectivity index (χ1) is 36.2. The number of fused-ring (bicyclic) bond motifs is 1. The van der Waals surface area contributed by atoms with Crippen molar-refractivity contribution < 1.29 is 42.0 Å². The van der Waals surface area contributed by atoms with Gasteiger partial charge in [-0.15, -0.1) is 0 Å². The van der Waals surface area contributed by atoms with Gasteiger partial charge >= 0.3 is 0 Å². The highest BCUT2D eigenvalue weighted by Crippen LogP contribution is 2.53. The Kier molecular flexibility index (Phi) is 19.0. The van der Waals surface area contributed by atoms with Gasteiger partial charge in [-0.3, -0.25) is 24.5 Å². The Hall–Kier alpha value is -6.00. The van der Waals surface area contributed by atoms with E-state index in [-0.39, 0.29) is 60.5 Å². The van der Waals surface area contributed by atoms with Crippen molar-refractivity contribution in [2.75, 3.05) is 39.4 Å². The number of aromatic amines is 1. The van der Waals surface area contributed by atoms with Crippen LogP contribution in [-0.4, -0.2) is 103 Å². The highest BCUT2D eigenvalue weighted by atomic mass is 31.2. The number of aromatic nitrogens is 4. The third-order valence-electron chi connectivity index (χ3n) is 13.9. The number of carbonyl (C=O) groups excluding carboxylic acids is 1. The number of amides is 1. The van der Waals surface area contributed by atoms with Gasteiger partial charge in [0.2, 0.25) is 5.95 Å². The summed E-state index contributed by atoms with van der Waals surface area (Å²) < 4.78 is 57.3. The fourth-order valence-corrected chi connectivity index (χ4v) is 12.0. The Morgan fingerprint density at radius 3 is 1.97 bits per heavy atom. The van der Waals surface area contributed by atoms with E-state index in [0.717, 1.165) is 22.3 Å². The van der Waals surface area contributed by atoms with Crippen LogP contribution in [0.1, 0.15) is 103 Å². The van der Waals surface area contributed by atoms with Crippen LogP contribution >= 0.6 is 8.53 Å². The molecule has 0 bridgehead atoms. The summed E-state index contributed by atoms with van der Waals surface area (Å²) in [5, 5.41) is 12.1. The number of hydrogen-bond donors (Lipinski definition) is 2. The monoisotopic (exact) mass is 1080 g/mol. The molecule has 5 atom stereocenters. The van der Waals surface area contributed by atoms with Crippen LogP contribution in [0.2, 0.25) is 18.1 Å². The summed E-state index contributed by atoms with van der Waals surface area (Å²) in [5.74, 6) is 1.56. The number of methoxy groups -OCH3 is 2. The second kappa shape index (κ2) is 25.0. The minimum atomic E-state index is -2.75. The summed E-state index contributed by atoms with van der Waals surface area (Å²) in [6, 6.07) is 35.3. The number of carbonyl (C=O) groups is 1. The lowest BCUT2D eigenvalue weighted by Gasteiger charge is -2.42. The van der Waals surface area contributed by atoms with Gasteiger partial charge in [0.05, 0.1) is 46.3 Å². The molecule has 1 saturated heterocycles.